The maximum atomic E-state index is 12.9. The Kier molecular flexibility index (Phi) is 22.7. The number of hydrogen-bond donors (Lipinski definition) is 20. The van der Waals surface area contributed by atoms with Gasteiger partial charge >= 0.3 is 32.7 Å². The summed E-state index contributed by atoms with van der Waals surface area (Å²) in [6.07, 6.45) is -59.4. The minimum absolute atomic E-state index is 0.772. The molecule has 78 heavy (non-hydrogen) atoms. The average molecular weight is 1190 g/mol. The summed E-state index contributed by atoms with van der Waals surface area (Å²) in [5.41, 5.74) is 0. The highest BCUT2D eigenvalue weighted by Crippen LogP contribution is 2.38. The van der Waals surface area contributed by atoms with Crippen molar-refractivity contribution in [3.05, 3.63) is 11.5 Å². The van der Waals surface area contributed by atoms with Gasteiger partial charge in [-0.05, 0) is 0 Å². The van der Waals surface area contributed by atoms with Crippen LogP contribution in [0.3, 0.4) is 0 Å². The predicted molar refractivity (Wildman–Crippen MR) is 229 cm³/mol. The topological polar surface area (TPSA) is 627 Å². The number of carboxylic acid groups (broad SMARTS) is 2. The van der Waals surface area contributed by atoms with Gasteiger partial charge in [0.1, 0.15) is 122 Å². The van der Waals surface area contributed by atoms with Crippen molar-refractivity contribution in [1.82, 2.24) is 5.32 Å². The SMILES string of the molecule is CC(=O)N[C@H]1[C@H](O[C@H]2[C@H](O)[C@@H](O)[C@H](O[C@@H]3[C@@H](O)[C@H](O[C@H]4[C@@H](O)[C@@H](CO)O[C@@H](O[C@H](CO)[C@H](O)[C@@H](O)CO)[C@@H]4O)O[C@H](CO)[C@@H]3OS(=O)(=O)O)O[C@@H]2C(=O)O)O[C@H](CO)[C@H](OS(=O)(=O)O)[C@@H]1O[C@@H]1OC(C(=O)O)=C(O)[C@H](O)[C@H]1O. The number of aliphatic carboxylic acids is 2. The van der Waals surface area contributed by atoms with Gasteiger partial charge < -0.3 is 139 Å². The molecule has 20 N–H and O–H groups in total. The van der Waals surface area contributed by atoms with Gasteiger partial charge in [-0.15, -0.1) is 0 Å². The van der Waals surface area contributed by atoms with Gasteiger partial charge in [0.15, 0.2) is 37.0 Å². The summed E-state index contributed by atoms with van der Waals surface area (Å²) in [6, 6.07) is -2.25. The molecule has 26 atom stereocenters. The molecule has 452 valence electrons. The molecule has 5 aliphatic rings. The monoisotopic (exact) mass is 1190 g/mol. The molecule has 39 nitrogen and oxygen atoms in total. The van der Waals surface area contributed by atoms with E-state index in [1.165, 1.54) is 0 Å². The van der Waals surface area contributed by atoms with Crippen molar-refractivity contribution >= 4 is 38.6 Å². The van der Waals surface area contributed by atoms with Gasteiger partial charge in [0.25, 0.3) is 0 Å². The first-order valence-corrected chi connectivity index (χ1v) is 25.3. The lowest BCUT2D eigenvalue weighted by Gasteiger charge is -2.50. The van der Waals surface area contributed by atoms with Crippen molar-refractivity contribution in [3.8, 4) is 0 Å². The third kappa shape index (κ3) is 15.2. The van der Waals surface area contributed by atoms with Gasteiger partial charge in [0.2, 0.25) is 18.0 Å². The summed E-state index contributed by atoms with van der Waals surface area (Å²) in [5, 5.41) is 180. The van der Waals surface area contributed by atoms with E-state index >= 15 is 0 Å². The molecule has 0 aliphatic carbocycles. The van der Waals surface area contributed by atoms with Gasteiger partial charge in [-0.25, -0.2) is 18.0 Å². The number of rotatable bonds is 24. The van der Waals surface area contributed by atoms with Crippen LogP contribution in [0, 0.1) is 0 Å². The fourth-order valence-electron chi connectivity index (χ4n) is 8.50. The van der Waals surface area contributed by atoms with Crippen molar-refractivity contribution < 1.29 is 183 Å². The first kappa shape index (κ1) is 65.4. The summed E-state index contributed by atoms with van der Waals surface area (Å²) >= 11 is 0. The molecule has 0 spiro atoms. The number of hydrogen-bond acceptors (Lipinski definition) is 34. The molecule has 0 radical (unpaired) electrons. The fraction of sp³-hybridized carbons (Fsp3) is 0.865. The molecule has 41 heteroatoms. The second-order valence-electron chi connectivity index (χ2n) is 17.5. The van der Waals surface area contributed by atoms with E-state index < -0.39 is 243 Å². The molecule has 0 aromatic rings. The van der Waals surface area contributed by atoms with Crippen molar-refractivity contribution in [2.45, 2.75) is 166 Å². The third-order valence-corrected chi connectivity index (χ3v) is 13.2. The van der Waals surface area contributed by atoms with Crippen molar-refractivity contribution in [2.75, 3.05) is 33.0 Å². The minimum Gasteiger partial charge on any atom is -0.506 e. The Morgan fingerprint density at radius 1 is 0.577 bits per heavy atom. The molecule has 0 aromatic heterocycles. The van der Waals surface area contributed by atoms with E-state index in [0.29, 0.717) is 0 Å². The van der Waals surface area contributed by atoms with E-state index in [-0.39, 0.29) is 0 Å². The third-order valence-electron chi connectivity index (χ3n) is 12.2. The smallest absolute Gasteiger partial charge is 0.397 e. The average Bonchev–Trinajstić information content (AvgIpc) is 3.44. The van der Waals surface area contributed by atoms with Gasteiger partial charge in [0, 0.05) is 6.92 Å². The predicted octanol–water partition coefficient (Wildman–Crippen LogP) is -12.8. The van der Waals surface area contributed by atoms with E-state index in [0.717, 1.165) is 6.92 Å². The molecule has 0 bridgehead atoms. The van der Waals surface area contributed by atoms with Crippen LogP contribution in [0.5, 0.6) is 0 Å². The summed E-state index contributed by atoms with van der Waals surface area (Å²) in [6.45, 7) is -5.32. The second kappa shape index (κ2) is 27.1. The number of aliphatic hydroxyl groups is 15. The van der Waals surface area contributed by atoms with Crippen LogP contribution in [-0.2, 0) is 90.9 Å². The lowest BCUT2D eigenvalue weighted by molar-refractivity contribution is -0.386. The van der Waals surface area contributed by atoms with Crippen molar-refractivity contribution in [2.24, 2.45) is 0 Å². The van der Waals surface area contributed by atoms with Crippen molar-refractivity contribution in [1.29, 1.82) is 0 Å². The van der Waals surface area contributed by atoms with Crippen molar-refractivity contribution in [3.63, 3.8) is 0 Å². The highest BCUT2D eigenvalue weighted by molar-refractivity contribution is 7.81. The molecule has 5 heterocycles. The number of nitrogens with one attached hydrogen (secondary N) is 1. The molecule has 1 amide bonds. The summed E-state index contributed by atoms with van der Waals surface area (Å²) in [7, 11) is -11.4. The van der Waals surface area contributed by atoms with Crippen LogP contribution < -0.4 is 5.32 Å². The Balaban J connectivity index is 1.48. The van der Waals surface area contributed by atoms with Gasteiger partial charge in [-0.3, -0.25) is 13.9 Å². The van der Waals surface area contributed by atoms with Crippen LogP contribution in [0.2, 0.25) is 0 Å². The number of ether oxygens (including phenoxy) is 10. The second-order valence-corrected chi connectivity index (χ2v) is 19.6. The number of carboxylic acids is 2. The quantitative estimate of drug-likeness (QED) is 0.0399. The van der Waals surface area contributed by atoms with Crippen LogP contribution in [-0.4, -0.2) is 323 Å². The van der Waals surface area contributed by atoms with E-state index in [4.69, 9.17) is 47.4 Å². The summed E-state index contributed by atoms with van der Waals surface area (Å²) < 4.78 is 131. The number of carbonyl (C=O) groups is 3. The largest absolute Gasteiger partial charge is 0.506 e. The van der Waals surface area contributed by atoms with Gasteiger partial charge in [0.05, 0.1) is 33.0 Å². The van der Waals surface area contributed by atoms with Crippen LogP contribution in [0.25, 0.3) is 0 Å². The summed E-state index contributed by atoms with van der Waals surface area (Å²) in [4.78, 5) is 37.4. The van der Waals surface area contributed by atoms with Crippen LogP contribution >= 0.6 is 0 Å². The molecule has 0 unspecified atom stereocenters. The number of amides is 1. The Hall–Kier alpha value is -3.43. The first-order chi connectivity index (χ1) is 36.3. The molecule has 4 saturated heterocycles. The molecule has 5 aliphatic heterocycles. The normalized spacial score (nSPS) is 41.1. The Morgan fingerprint density at radius 3 is 1.56 bits per heavy atom. The first-order valence-electron chi connectivity index (χ1n) is 22.5. The molecular formula is C37H59NO38S2. The van der Waals surface area contributed by atoms with Crippen LogP contribution in [0.15, 0.2) is 11.5 Å². The van der Waals surface area contributed by atoms with Gasteiger partial charge in [-0.1, -0.05) is 0 Å². The molecule has 5 rings (SSSR count). The van der Waals surface area contributed by atoms with Crippen LogP contribution in [0.4, 0.5) is 0 Å². The Labute approximate surface area is 437 Å². The van der Waals surface area contributed by atoms with Gasteiger partial charge in [-0.2, -0.15) is 16.8 Å². The Morgan fingerprint density at radius 2 is 1.06 bits per heavy atom. The number of carbonyl (C=O) groups excluding carboxylic acids is 1. The highest BCUT2D eigenvalue weighted by Gasteiger charge is 2.59. The maximum absolute atomic E-state index is 12.9. The fourth-order valence-corrected chi connectivity index (χ4v) is 9.53. The molecular weight excluding hydrogens is 1130 g/mol. The van der Waals surface area contributed by atoms with E-state index in [9.17, 15) is 127 Å². The van der Waals surface area contributed by atoms with Crippen LogP contribution in [0.1, 0.15) is 6.92 Å². The molecule has 0 saturated carbocycles. The summed E-state index contributed by atoms with van der Waals surface area (Å²) in [5.74, 6) is -8.32. The standard InChI is InChI=1S/C37H59NO38S2/c1-7(44)38-13-25(69-34-19(51)16(48)17(49)29(73-34)31(55)56)23(75-77(59,60)61)11(5-42)67-33(13)71-27-18(50)20(52)35(74-30(27)32(57)58)72-28-22(54)37(68-12(6-43)24(28)76-78(62,63)64)70-26-15(47)10(4-41)66-36(21(26)53)65-9(3-40)14(46)8(45)2-39/h8-16,18-28,30,33-37,39-43,45-54H,2-6H2,1H3,(H,38,44)(H,55,56)(H,57,58)(H,59,60,61)(H,62,63,64)/t8-,9+,10+,11+,12+,13+,14+,15-,16-,18+,19+,20+,21+,22+,23-,24-,25+,26-,27-,28+,30-,33-,34+,35+,36+,37-/m0/s1. The van der Waals surface area contributed by atoms with E-state index in [2.05, 4.69) is 13.7 Å². The Bertz CT molecular complexity index is 2280. The zero-order chi connectivity index (χ0) is 58.6. The molecule has 0 aromatic carbocycles. The zero-order valence-corrected chi connectivity index (χ0v) is 41.2. The lowest BCUT2D eigenvalue weighted by atomic mass is 9.94. The molecule has 4 fully saturated rings. The highest BCUT2D eigenvalue weighted by atomic mass is 32.3. The lowest BCUT2D eigenvalue weighted by Crippen LogP contribution is -2.70. The zero-order valence-electron chi connectivity index (χ0n) is 39.6. The minimum atomic E-state index is -5.72. The van der Waals surface area contributed by atoms with E-state index in [1.54, 1.807) is 0 Å². The van der Waals surface area contributed by atoms with E-state index in [1.807, 2.05) is 0 Å². The maximum Gasteiger partial charge on any atom is 0.397 e. The number of aliphatic hydroxyl groups excluding tert-OH is 15.